The Balaban J connectivity index is 0.000000140. The van der Waals surface area contributed by atoms with Crippen LogP contribution in [0.3, 0.4) is 0 Å². The average Bonchev–Trinajstić information content (AvgIpc) is 2.83. The summed E-state index contributed by atoms with van der Waals surface area (Å²) < 4.78 is 0. The van der Waals surface area contributed by atoms with Crippen molar-refractivity contribution in [1.29, 1.82) is 5.26 Å². The highest BCUT2D eigenvalue weighted by atomic mass is 14.6. The largest absolute Gasteiger partial charge is 0.264 e. The molecule has 4 aromatic carbocycles. The lowest BCUT2D eigenvalue weighted by Crippen LogP contribution is -2.02. The second-order valence-corrected chi connectivity index (χ2v) is 7.81. The minimum Gasteiger partial charge on any atom is -0.264 e. The third-order valence-corrected chi connectivity index (χ3v) is 6.06. The van der Waals surface area contributed by atoms with Crippen LogP contribution in [0.2, 0.25) is 0 Å². The van der Waals surface area contributed by atoms with Crippen molar-refractivity contribution >= 4 is 32.3 Å². The Hall–Kier alpha value is -3.70. The molecule has 2 nitrogen and oxygen atoms in total. The fourth-order valence-electron chi connectivity index (χ4n) is 4.56. The van der Waals surface area contributed by atoms with Gasteiger partial charge in [-0.05, 0) is 70.5 Å². The van der Waals surface area contributed by atoms with E-state index >= 15 is 0 Å². The summed E-state index contributed by atoms with van der Waals surface area (Å²) >= 11 is 0. The Morgan fingerprint density at radius 2 is 1.50 bits per heavy atom. The fraction of sp³-hybridized carbons (Fsp3) is 0.143. The fourth-order valence-corrected chi connectivity index (χ4v) is 4.56. The third kappa shape index (κ3) is 3.29. The average molecular weight is 386 g/mol. The lowest BCUT2D eigenvalue weighted by molar-refractivity contribution is 0.690. The van der Waals surface area contributed by atoms with Crippen molar-refractivity contribution < 1.29 is 0 Å². The molecular weight excluding hydrogens is 364 g/mol. The molecule has 0 saturated carbocycles. The standard InChI is InChI=1S/C18H16.C10H6N2/c1-3-7-15-13(5-1)9-11-18-16-8-4-2-6-14(16)10-12-17(15)18;11-6-8-2-1-3-9-7-12-5-4-10(8)9/h1,3,5,7,9-12H,2,4,6,8H2;1-5,7H. The van der Waals surface area contributed by atoms with Crippen LogP contribution in [0.1, 0.15) is 29.5 Å². The number of nitriles is 1. The highest BCUT2D eigenvalue weighted by Crippen LogP contribution is 2.33. The molecule has 0 bridgehead atoms. The van der Waals surface area contributed by atoms with Crippen LogP contribution in [-0.2, 0) is 12.8 Å². The number of pyridine rings is 1. The summed E-state index contributed by atoms with van der Waals surface area (Å²) in [7, 11) is 0. The molecule has 5 aromatic rings. The lowest BCUT2D eigenvalue weighted by Gasteiger charge is -2.18. The van der Waals surface area contributed by atoms with Crippen LogP contribution >= 0.6 is 0 Å². The molecule has 0 N–H and O–H groups in total. The van der Waals surface area contributed by atoms with Gasteiger partial charge in [0.15, 0.2) is 0 Å². The van der Waals surface area contributed by atoms with Gasteiger partial charge in [0.25, 0.3) is 0 Å². The summed E-state index contributed by atoms with van der Waals surface area (Å²) in [6.07, 6.45) is 8.67. The lowest BCUT2D eigenvalue weighted by atomic mass is 9.86. The van der Waals surface area contributed by atoms with Gasteiger partial charge in [-0.15, -0.1) is 0 Å². The molecule has 1 aromatic heterocycles. The Morgan fingerprint density at radius 3 is 2.43 bits per heavy atom. The molecule has 0 fully saturated rings. The van der Waals surface area contributed by atoms with Gasteiger partial charge >= 0.3 is 0 Å². The molecule has 30 heavy (non-hydrogen) atoms. The van der Waals surface area contributed by atoms with E-state index in [1.165, 1.54) is 47.2 Å². The van der Waals surface area contributed by atoms with Crippen LogP contribution in [-0.4, -0.2) is 4.98 Å². The second kappa shape index (κ2) is 7.97. The zero-order valence-corrected chi connectivity index (χ0v) is 16.8. The molecular formula is C28H22N2. The number of aromatic nitrogens is 1. The van der Waals surface area contributed by atoms with Gasteiger partial charge in [0.2, 0.25) is 0 Å². The van der Waals surface area contributed by atoms with Crippen LogP contribution in [0.5, 0.6) is 0 Å². The first-order chi connectivity index (χ1) is 14.8. The zero-order valence-electron chi connectivity index (χ0n) is 16.8. The van der Waals surface area contributed by atoms with Gasteiger partial charge in [0.05, 0.1) is 11.6 Å². The molecule has 0 amide bonds. The summed E-state index contributed by atoms with van der Waals surface area (Å²) in [5.41, 5.74) is 3.88. The first-order valence-corrected chi connectivity index (χ1v) is 10.5. The summed E-state index contributed by atoms with van der Waals surface area (Å²) in [5.74, 6) is 0. The van der Waals surface area contributed by atoms with Crippen LogP contribution in [0.4, 0.5) is 0 Å². The Morgan fingerprint density at radius 1 is 0.667 bits per heavy atom. The smallest absolute Gasteiger partial charge is 0.0998 e. The Labute approximate surface area is 176 Å². The van der Waals surface area contributed by atoms with Gasteiger partial charge < -0.3 is 0 Å². The summed E-state index contributed by atoms with van der Waals surface area (Å²) in [4.78, 5) is 3.98. The summed E-state index contributed by atoms with van der Waals surface area (Å²) in [6, 6.07) is 27.6. The van der Waals surface area contributed by atoms with Crippen LogP contribution in [0, 0.1) is 11.3 Å². The normalized spacial score (nSPS) is 12.8. The molecule has 1 aliphatic rings. The van der Waals surface area contributed by atoms with Gasteiger partial charge in [-0.2, -0.15) is 5.26 Å². The maximum atomic E-state index is 8.77. The molecule has 0 aliphatic heterocycles. The first kappa shape index (κ1) is 18.3. The highest BCUT2D eigenvalue weighted by Gasteiger charge is 2.13. The van der Waals surface area contributed by atoms with E-state index in [4.69, 9.17) is 5.26 Å². The van der Waals surface area contributed by atoms with Crippen LogP contribution in [0.25, 0.3) is 32.3 Å². The van der Waals surface area contributed by atoms with Gasteiger partial charge in [0, 0.05) is 23.2 Å². The van der Waals surface area contributed by atoms with E-state index < -0.39 is 0 Å². The van der Waals surface area contributed by atoms with E-state index in [0.29, 0.717) is 5.56 Å². The van der Waals surface area contributed by atoms with Crippen molar-refractivity contribution in [2.75, 3.05) is 0 Å². The Bertz CT molecular complexity index is 1400. The van der Waals surface area contributed by atoms with E-state index in [1.54, 1.807) is 23.5 Å². The highest BCUT2D eigenvalue weighted by molar-refractivity contribution is 6.08. The van der Waals surface area contributed by atoms with Crippen molar-refractivity contribution in [3.8, 4) is 6.07 Å². The van der Waals surface area contributed by atoms with Gasteiger partial charge in [-0.3, -0.25) is 4.98 Å². The SMILES string of the molecule is N#Cc1cccc2cnccc12.c1ccc2c(c1)ccc1c3c(ccc12)CCCC3. The van der Waals surface area contributed by atoms with Gasteiger partial charge in [-0.1, -0.05) is 60.7 Å². The van der Waals surface area contributed by atoms with Crippen molar-refractivity contribution in [3.05, 3.63) is 102 Å². The van der Waals surface area contributed by atoms with Crippen LogP contribution in [0.15, 0.2) is 85.2 Å². The monoisotopic (exact) mass is 386 g/mol. The van der Waals surface area contributed by atoms with Gasteiger partial charge in [0.1, 0.15) is 0 Å². The molecule has 1 heterocycles. The topological polar surface area (TPSA) is 36.7 Å². The molecule has 1 aliphatic carbocycles. The van der Waals surface area contributed by atoms with Crippen molar-refractivity contribution in [3.63, 3.8) is 0 Å². The molecule has 0 unspecified atom stereocenters. The molecule has 0 spiro atoms. The second-order valence-electron chi connectivity index (χ2n) is 7.81. The predicted molar refractivity (Wildman–Crippen MR) is 125 cm³/mol. The maximum absolute atomic E-state index is 8.77. The molecule has 6 rings (SSSR count). The van der Waals surface area contributed by atoms with Crippen molar-refractivity contribution in [1.82, 2.24) is 4.98 Å². The number of hydrogen-bond donors (Lipinski definition) is 0. The summed E-state index contributed by atoms with van der Waals surface area (Å²) in [5, 5.41) is 16.4. The molecule has 0 atom stereocenters. The Kier molecular flexibility index (Phi) is 4.87. The summed E-state index contributed by atoms with van der Waals surface area (Å²) in [6.45, 7) is 0. The third-order valence-electron chi connectivity index (χ3n) is 6.06. The quantitative estimate of drug-likeness (QED) is 0.269. The number of fused-ring (bicyclic) bond motifs is 6. The molecule has 0 radical (unpaired) electrons. The minimum atomic E-state index is 0.704. The minimum absolute atomic E-state index is 0.704. The van der Waals surface area contributed by atoms with E-state index in [9.17, 15) is 0 Å². The maximum Gasteiger partial charge on any atom is 0.0998 e. The van der Waals surface area contributed by atoms with Crippen LogP contribution < -0.4 is 0 Å². The number of hydrogen-bond acceptors (Lipinski definition) is 2. The van der Waals surface area contributed by atoms with Crippen molar-refractivity contribution in [2.45, 2.75) is 25.7 Å². The van der Waals surface area contributed by atoms with E-state index in [-0.39, 0.29) is 0 Å². The molecule has 144 valence electrons. The first-order valence-electron chi connectivity index (χ1n) is 10.5. The number of nitrogens with zero attached hydrogens (tertiary/aromatic N) is 2. The van der Waals surface area contributed by atoms with E-state index in [1.807, 2.05) is 24.3 Å². The van der Waals surface area contributed by atoms with Crippen molar-refractivity contribution in [2.24, 2.45) is 0 Å². The molecule has 0 saturated heterocycles. The zero-order chi connectivity index (χ0) is 20.3. The number of benzene rings is 4. The van der Waals surface area contributed by atoms with E-state index in [0.717, 1.165) is 10.8 Å². The molecule has 2 heteroatoms. The number of aryl methyl sites for hydroxylation is 2. The number of rotatable bonds is 0. The van der Waals surface area contributed by atoms with E-state index in [2.05, 4.69) is 59.6 Å². The van der Waals surface area contributed by atoms with Gasteiger partial charge in [-0.25, -0.2) is 0 Å². The predicted octanol–water partition coefficient (Wildman–Crippen LogP) is 6.98.